The smallest absolute Gasteiger partial charge is 0.226 e. The molecule has 0 aliphatic carbocycles. The second-order valence-electron chi connectivity index (χ2n) is 4.87. The van der Waals surface area contributed by atoms with E-state index in [1.807, 2.05) is 0 Å². The molecule has 1 aliphatic rings. The van der Waals surface area contributed by atoms with Crippen LogP contribution in [0.15, 0.2) is 11.4 Å². The zero-order valence-electron chi connectivity index (χ0n) is 11.9. The van der Waals surface area contributed by atoms with Crippen molar-refractivity contribution in [3.63, 3.8) is 0 Å². The van der Waals surface area contributed by atoms with Gasteiger partial charge < -0.3 is 15.0 Å². The number of thiophene rings is 1. The Hall–Kier alpha value is -1.40. The molecule has 0 amide bonds. The fraction of sp³-hybridized carbons (Fsp3) is 0.571. The maximum absolute atomic E-state index is 5.60. The first kappa shape index (κ1) is 13.6. The molecule has 20 heavy (non-hydrogen) atoms. The Labute approximate surface area is 123 Å². The lowest BCUT2D eigenvalue weighted by Crippen LogP contribution is -2.45. The van der Waals surface area contributed by atoms with Gasteiger partial charge in [0.25, 0.3) is 0 Å². The molecule has 2 aromatic rings. The number of nitrogens with one attached hydrogen (secondary N) is 1. The molecule has 0 radical (unpaired) electrons. The van der Waals surface area contributed by atoms with Gasteiger partial charge in [0.15, 0.2) is 0 Å². The van der Waals surface area contributed by atoms with E-state index in [1.165, 1.54) is 0 Å². The highest BCUT2D eigenvalue weighted by molar-refractivity contribution is 7.16. The van der Waals surface area contributed by atoms with Crippen molar-refractivity contribution in [1.29, 1.82) is 0 Å². The number of fused-ring (bicyclic) bond motifs is 1. The summed E-state index contributed by atoms with van der Waals surface area (Å²) in [6, 6.07) is 2.52. The van der Waals surface area contributed by atoms with Crippen molar-refractivity contribution < 1.29 is 4.74 Å². The summed E-state index contributed by atoms with van der Waals surface area (Å²) in [6.45, 7) is 7.53. The first-order valence-electron chi connectivity index (χ1n) is 7.17. The molecule has 1 aliphatic heterocycles. The molecule has 3 rings (SSSR count). The summed E-state index contributed by atoms with van der Waals surface area (Å²) < 4.78 is 5.60. The highest BCUT2D eigenvalue weighted by atomic mass is 32.1. The highest BCUT2D eigenvalue weighted by Crippen LogP contribution is 2.31. The number of hydrogen-bond donors (Lipinski definition) is 1. The van der Waals surface area contributed by atoms with Gasteiger partial charge in [-0.3, -0.25) is 0 Å². The molecule has 108 valence electrons. The molecular formula is C14H20N4OS. The van der Waals surface area contributed by atoms with E-state index in [-0.39, 0.29) is 0 Å². The molecule has 1 fully saturated rings. The molecule has 1 N–H and O–H groups in total. The third-order valence-corrected chi connectivity index (χ3v) is 4.42. The largest absolute Gasteiger partial charge is 0.377 e. The van der Waals surface area contributed by atoms with Crippen molar-refractivity contribution in [2.75, 3.05) is 36.5 Å². The van der Waals surface area contributed by atoms with Crippen LogP contribution in [0.4, 0.5) is 11.8 Å². The minimum Gasteiger partial charge on any atom is -0.377 e. The molecule has 1 saturated heterocycles. The zero-order valence-corrected chi connectivity index (χ0v) is 12.7. The van der Waals surface area contributed by atoms with Crippen LogP contribution in [-0.2, 0) is 4.74 Å². The minimum atomic E-state index is 0.399. The molecule has 3 heterocycles. The van der Waals surface area contributed by atoms with Gasteiger partial charge in [-0.25, -0.2) is 4.98 Å². The van der Waals surface area contributed by atoms with Crippen LogP contribution in [-0.4, -0.2) is 42.3 Å². The summed E-state index contributed by atoms with van der Waals surface area (Å²) in [7, 11) is 0. The van der Waals surface area contributed by atoms with E-state index in [4.69, 9.17) is 9.72 Å². The standard InChI is InChI=1S/C14H20N4OS/c1-3-10-9-19-7-6-18(10)12-11-5-8-20-13(11)17-14(16-12)15-4-2/h5,8,10H,3-4,6-7,9H2,1-2H3,(H,15,16,17). The number of morpholine rings is 1. The first-order valence-corrected chi connectivity index (χ1v) is 8.05. The first-order chi connectivity index (χ1) is 9.83. The Balaban J connectivity index is 2.05. The molecule has 0 saturated carbocycles. The van der Waals surface area contributed by atoms with E-state index < -0.39 is 0 Å². The summed E-state index contributed by atoms with van der Waals surface area (Å²) in [6.07, 6.45) is 1.06. The fourth-order valence-corrected chi connectivity index (χ4v) is 3.33. The lowest BCUT2D eigenvalue weighted by molar-refractivity contribution is 0.0927. The van der Waals surface area contributed by atoms with Gasteiger partial charge in [0.2, 0.25) is 5.95 Å². The molecule has 2 aromatic heterocycles. The van der Waals surface area contributed by atoms with Gasteiger partial charge in [-0.1, -0.05) is 6.92 Å². The SMILES string of the molecule is CCNc1nc(N2CCOCC2CC)c2ccsc2n1. The second-order valence-corrected chi connectivity index (χ2v) is 5.77. The fourth-order valence-electron chi connectivity index (χ4n) is 2.57. The van der Waals surface area contributed by atoms with Gasteiger partial charge in [0.1, 0.15) is 10.6 Å². The number of hydrogen-bond acceptors (Lipinski definition) is 6. The molecule has 6 heteroatoms. The maximum atomic E-state index is 5.60. The van der Waals surface area contributed by atoms with Crippen LogP contribution in [0.25, 0.3) is 10.2 Å². The number of nitrogens with zero attached hydrogens (tertiary/aromatic N) is 3. The third-order valence-electron chi connectivity index (χ3n) is 3.61. The Morgan fingerprint density at radius 3 is 3.15 bits per heavy atom. The van der Waals surface area contributed by atoms with Gasteiger partial charge in [-0.15, -0.1) is 11.3 Å². The summed E-state index contributed by atoms with van der Waals surface area (Å²) in [5, 5.41) is 6.46. The van der Waals surface area contributed by atoms with Crippen LogP contribution < -0.4 is 10.2 Å². The molecule has 0 bridgehead atoms. The van der Waals surface area contributed by atoms with Gasteiger partial charge in [-0.2, -0.15) is 4.98 Å². The second kappa shape index (κ2) is 5.93. The Morgan fingerprint density at radius 1 is 1.45 bits per heavy atom. The van der Waals surface area contributed by atoms with Crippen LogP contribution in [0, 0.1) is 0 Å². The van der Waals surface area contributed by atoms with Crippen LogP contribution >= 0.6 is 11.3 Å². The Morgan fingerprint density at radius 2 is 2.35 bits per heavy atom. The van der Waals surface area contributed by atoms with E-state index in [1.54, 1.807) is 11.3 Å². The van der Waals surface area contributed by atoms with Crippen molar-refractivity contribution in [2.24, 2.45) is 0 Å². The molecule has 0 aromatic carbocycles. The summed E-state index contributed by atoms with van der Waals surface area (Å²) >= 11 is 1.67. The predicted molar refractivity (Wildman–Crippen MR) is 83.8 cm³/mol. The monoisotopic (exact) mass is 292 g/mol. The average molecular weight is 292 g/mol. The Bertz CT molecular complexity index is 586. The summed E-state index contributed by atoms with van der Waals surface area (Å²) in [5.74, 6) is 1.76. The number of aromatic nitrogens is 2. The van der Waals surface area contributed by atoms with E-state index in [2.05, 4.69) is 40.5 Å². The van der Waals surface area contributed by atoms with Crippen LogP contribution in [0.2, 0.25) is 0 Å². The van der Waals surface area contributed by atoms with Crippen LogP contribution in [0.3, 0.4) is 0 Å². The molecule has 5 nitrogen and oxygen atoms in total. The summed E-state index contributed by atoms with van der Waals surface area (Å²) in [5.41, 5.74) is 0. The van der Waals surface area contributed by atoms with Gasteiger partial charge in [-0.05, 0) is 24.8 Å². The molecule has 0 spiro atoms. The Kier molecular flexibility index (Phi) is 4.03. The quantitative estimate of drug-likeness (QED) is 0.939. The zero-order chi connectivity index (χ0) is 13.9. The van der Waals surface area contributed by atoms with Gasteiger partial charge >= 0.3 is 0 Å². The normalized spacial score (nSPS) is 19.5. The van der Waals surface area contributed by atoms with E-state index in [0.29, 0.717) is 6.04 Å². The van der Waals surface area contributed by atoms with Crippen molar-refractivity contribution >= 4 is 33.3 Å². The molecule has 1 atom stereocenters. The van der Waals surface area contributed by atoms with Crippen molar-refractivity contribution in [3.05, 3.63) is 11.4 Å². The molecular weight excluding hydrogens is 272 g/mol. The van der Waals surface area contributed by atoms with E-state index >= 15 is 0 Å². The van der Waals surface area contributed by atoms with Crippen molar-refractivity contribution in [2.45, 2.75) is 26.3 Å². The van der Waals surface area contributed by atoms with Crippen LogP contribution in [0.1, 0.15) is 20.3 Å². The lowest BCUT2D eigenvalue weighted by atomic mass is 10.1. The lowest BCUT2D eigenvalue weighted by Gasteiger charge is -2.36. The number of ether oxygens (including phenoxy) is 1. The highest BCUT2D eigenvalue weighted by Gasteiger charge is 2.25. The average Bonchev–Trinajstić information content (AvgIpc) is 2.95. The van der Waals surface area contributed by atoms with Crippen molar-refractivity contribution in [1.82, 2.24) is 9.97 Å². The number of rotatable bonds is 4. The minimum absolute atomic E-state index is 0.399. The predicted octanol–water partition coefficient (Wildman–Crippen LogP) is 2.74. The third kappa shape index (κ3) is 2.45. The van der Waals surface area contributed by atoms with Gasteiger partial charge in [0, 0.05) is 13.1 Å². The topological polar surface area (TPSA) is 50.3 Å². The van der Waals surface area contributed by atoms with E-state index in [9.17, 15) is 0 Å². The van der Waals surface area contributed by atoms with Gasteiger partial charge in [0.05, 0.1) is 24.6 Å². The van der Waals surface area contributed by atoms with E-state index in [0.717, 1.165) is 54.7 Å². The van der Waals surface area contributed by atoms with Crippen LogP contribution in [0.5, 0.6) is 0 Å². The summed E-state index contributed by atoms with van der Waals surface area (Å²) in [4.78, 5) is 12.7. The molecule has 1 unspecified atom stereocenters. The van der Waals surface area contributed by atoms with Crippen molar-refractivity contribution in [3.8, 4) is 0 Å². The number of anilines is 2. The maximum Gasteiger partial charge on any atom is 0.226 e.